The van der Waals surface area contributed by atoms with Crippen LogP contribution in [0.1, 0.15) is 32.1 Å². The molecular weight excluding hydrogens is 514 g/mol. The largest absolute Gasteiger partial charge is 0.463 e. The Labute approximate surface area is 219 Å². The third-order valence-corrected chi connectivity index (χ3v) is 6.20. The molecule has 1 aliphatic heterocycles. The molecule has 0 aliphatic carbocycles. The Hall–Kier alpha value is -4.92. The number of ether oxygens (including phenoxy) is 3. The zero-order valence-electron chi connectivity index (χ0n) is 20.9. The molecule has 1 saturated heterocycles. The first kappa shape index (κ1) is 25.7. The van der Waals surface area contributed by atoms with Crippen molar-refractivity contribution in [1.82, 2.24) is 28.9 Å². The van der Waals surface area contributed by atoms with Crippen molar-refractivity contribution >= 4 is 28.5 Å². The summed E-state index contributed by atoms with van der Waals surface area (Å²) in [6.07, 6.45) is 3.53. The second-order valence-electron chi connectivity index (χ2n) is 8.85. The van der Waals surface area contributed by atoms with Crippen molar-refractivity contribution in [3.63, 3.8) is 0 Å². The Morgan fingerprint density at radius 3 is 2.74 bits per heavy atom. The fourth-order valence-electron chi connectivity index (χ4n) is 4.60. The predicted octanol–water partition coefficient (Wildman–Crippen LogP) is 1.52. The van der Waals surface area contributed by atoms with Crippen molar-refractivity contribution in [3.8, 4) is 5.82 Å². The highest BCUT2D eigenvalue weighted by Crippen LogP contribution is 2.32. The second-order valence-corrected chi connectivity index (χ2v) is 8.85. The number of esters is 2. The lowest BCUT2D eigenvalue weighted by Gasteiger charge is -2.18. The maximum absolute atomic E-state index is 13.2. The number of fused-ring (bicyclic) bond motifs is 1. The van der Waals surface area contributed by atoms with Crippen LogP contribution in [0, 0.1) is 10.1 Å². The van der Waals surface area contributed by atoms with Crippen LogP contribution in [0.5, 0.6) is 0 Å². The summed E-state index contributed by atoms with van der Waals surface area (Å²) in [5.41, 5.74) is 0.134. The van der Waals surface area contributed by atoms with Crippen LogP contribution >= 0.6 is 0 Å². The van der Waals surface area contributed by atoms with Gasteiger partial charge in [-0.3, -0.25) is 24.3 Å². The first-order chi connectivity index (χ1) is 18.7. The van der Waals surface area contributed by atoms with Gasteiger partial charge in [0, 0.05) is 49.7 Å². The van der Waals surface area contributed by atoms with E-state index in [9.17, 15) is 24.5 Å². The summed E-state index contributed by atoms with van der Waals surface area (Å²) in [5, 5.41) is 16.5. The minimum Gasteiger partial charge on any atom is -0.463 e. The van der Waals surface area contributed by atoms with Crippen molar-refractivity contribution in [2.45, 2.75) is 45.2 Å². The van der Waals surface area contributed by atoms with E-state index in [2.05, 4.69) is 15.1 Å². The van der Waals surface area contributed by atoms with Crippen molar-refractivity contribution in [2.75, 3.05) is 6.61 Å². The maximum Gasteiger partial charge on any atom is 0.351 e. The molecule has 15 heteroatoms. The monoisotopic (exact) mass is 537 g/mol. The quantitative estimate of drug-likeness (QED) is 0.181. The zero-order valence-corrected chi connectivity index (χ0v) is 20.9. The Balaban J connectivity index is 1.56. The number of benzene rings is 1. The second kappa shape index (κ2) is 10.4. The molecular formula is C24H23N7O8. The predicted molar refractivity (Wildman–Crippen MR) is 132 cm³/mol. The van der Waals surface area contributed by atoms with E-state index in [4.69, 9.17) is 14.2 Å². The molecule has 39 heavy (non-hydrogen) atoms. The van der Waals surface area contributed by atoms with E-state index in [1.807, 2.05) is 0 Å². The highest BCUT2D eigenvalue weighted by Gasteiger charge is 2.40. The van der Waals surface area contributed by atoms with Crippen LogP contribution in [0.4, 0.5) is 5.69 Å². The summed E-state index contributed by atoms with van der Waals surface area (Å²) in [6.45, 7) is 2.41. The van der Waals surface area contributed by atoms with E-state index in [0.29, 0.717) is 16.5 Å². The Bertz CT molecular complexity index is 1610. The SMILES string of the molecule is CC(=O)OC[C@H]1O[C@@H](n2cc(Cn3ccc4cccc([N+](=O)[O-])c43)c(-n3cncn3)nc2=O)CC1OC(C)=O. The van der Waals surface area contributed by atoms with Gasteiger partial charge in [0.15, 0.2) is 5.82 Å². The number of nitrogens with zero attached hydrogens (tertiary/aromatic N) is 7. The van der Waals surface area contributed by atoms with Crippen LogP contribution < -0.4 is 5.69 Å². The topological polar surface area (TPSA) is 175 Å². The van der Waals surface area contributed by atoms with Crippen LogP contribution in [-0.2, 0) is 30.3 Å². The van der Waals surface area contributed by atoms with E-state index in [0.717, 1.165) is 0 Å². The van der Waals surface area contributed by atoms with Gasteiger partial charge in [0.2, 0.25) is 0 Å². The number of nitro benzene ring substituents is 1. The molecule has 1 unspecified atom stereocenters. The molecule has 0 spiro atoms. The van der Waals surface area contributed by atoms with Gasteiger partial charge in [0.05, 0.1) is 11.5 Å². The summed E-state index contributed by atoms with van der Waals surface area (Å²) in [5.74, 6) is -0.902. The molecule has 1 aliphatic rings. The Kier molecular flexibility index (Phi) is 6.89. The van der Waals surface area contributed by atoms with Gasteiger partial charge < -0.3 is 18.8 Å². The van der Waals surface area contributed by atoms with Crippen LogP contribution in [-0.4, -0.2) is 64.6 Å². The maximum atomic E-state index is 13.2. The Morgan fingerprint density at radius 2 is 2.05 bits per heavy atom. The van der Waals surface area contributed by atoms with Crippen molar-refractivity contribution in [3.05, 3.63) is 75.5 Å². The van der Waals surface area contributed by atoms with E-state index in [1.54, 1.807) is 29.0 Å². The molecule has 3 atom stereocenters. The molecule has 1 aromatic carbocycles. The van der Waals surface area contributed by atoms with Crippen LogP contribution in [0.15, 0.2) is 54.1 Å². The van der Waals surface area contributed by atoms with Crippen molar-refractivity contribution in [1.29, 1.82) is 0 Å². The van der Waals surface area contributed by atoms with Gasteiger partial charge in [0.1, 0.15) is 43.2 Å². The third-order valence-electron chi connectivity index (χ3n) is 6.20. The van der Waals surface area contributed by atoms with E-state index < -0.39 is 41.0 Å². The molecule has 0 saturated carbocycles. The molecule has 0 amide bonds. The molecule has 0 N–H and O–H groups in total. The minimum absolute atomic E-state index is 0.0715. The normalized spacial score (nSPS) is 18.8. The number of nitro groups is 1. The fraction of sp³-hybridized carbons (Fsp3) is 0.333. The summed E-state index contributed by atoms with van der Waals surface area (Å²) in [7, 11) is 0. The van der Waals surface area contributed by atoms with E-state index in [1.165, 1.54) is 48.0 Å². The van der Waals surface area contributed by atoms with Crippen molar-refractivity contribution < 1.29 is 28.7 Å². The average Bonchev–Trinajstić information content (AvgIpc) is 3.64. The molecule has 0 radical (unpaired) electrons. The smallest absolute Gasteiger partial charge is 0.351 e. The lowest BCUT2D eigenvalue weighted by molar-refractivity contribution is -0.383. The summed E-state index contributed by atoms with van der Waals surface area (Å²) in [4.78, 5) is 55.5. The lowest BCUT2D eigenvalue weighted by atomic mass is 10.2. The molecule has 1 fully saturated rings. The number of carbonyl (C=O) groups excluding carboxylic acids is 2. The summed E-state index contributed by atoms with van der Waals surface area (Å²) in [6, 6.07) is 6.54. The molecule has 4 heterocycles. The zero-order chi connectivity index (χ0) is 27.7. The standard InChI is InChI=1S/C24H23N7O8/c1-14(32)37-11-20-19(38-15(2)33)8-21(39-20)29-10-17(23(27-24(29)34)30-13-25-12-26-30)9-28-7-6-16-4-3-5-18(22(16)28)31(35)36/h3-7,10,12-13,19-21H,8-9,11H2,1-2H3/t19?,20-,21-/m1/s1. The Morgan fingerprint density at radius 1 is 1.23 bits per heavy atom. The molecule has 4 aromatic rings. The van der Waals surface area contributed by atoms with Crippen LogP contribution in [0.25, 0.3) is 16.7 Å². The number of rotatable bonds is 8. The first-order valence-corrected chi connectivity index (χ1v) is 11.9. The number of hydrogen-bond donors (Lipinski definition) is 0. The average molecular weight is 537 g/mol. The highest BCUT2D eigenvalue weighted by molar-refractivity contribution is 5.88. The fourth-order valence-corrected chi connectivity index (χ4v) is 4.60. The molecule has 0 bridgehead atoms. The van der Waals surface area contributed by atoms with Gasteiger partial charge >= 0.3 is 17.6 Å². The minimum atomic E-state index is -0.894. The number of hydrogen-bond acceptors (Lipinski definition) is 11. The first-order valence-electron chi connectivity index (χ1n) is 11.9. The van der Waals surface area contributed by atoms with Gasteiger partial charge in [-0.2, -0.15) is 10.1 Å². The molecule has 5 rings (SSSR count). The number of para-hydroxylation sites is 1. The van der Waals surface area contributed by atoms with Crippen LogP contribution in [0.3, 0.4) is 0 Å². The van der Waals surface area contributed by atoms with Gasteiger partial charge in [-0.25, -0.2) is 14.5 Å². The van der Waals surface area contributed by atoms with Gasteiger partial charge in [-0.1, -0.05) is 12.1 Å². The molecule has 202 valence electrons. The number of carbonyl (C=O) groups is 2. The van der Waals surface area contributed by atoms with Crippen LogP contribution in [0.2, 0.25) is 0 Å². The summed E-state index contributed by atoms with van der Waals surface area (Å²) < 4.78 is 20.6. The van der Waals surface area contributed by atoms with Gasteiger partial charge in [0.25, 0.3) is 5.69 Å². The summed E-state index contributed by atoms with van der Waals surface area (Å²) >= 11 is 0. The molecule has 15 nitrogen and oxygen atoms in total. The number of aromatic nitrogens is 6. The van der Waals surface area contributed by atoms with Gasteiger partial charge in [-0.05, 0) is 6.07 Å². The highest BCUT2D eigenvalue weighted by atomic mass is 16.6. The van der Waals surface area contributed by atoms with Gasteiger partial charge in [-0.15, -0.1) is 0 Å². The number of non-ortho nitro benzene ring substituents is 1. The van der Waals surface area contributed by atoms with E-state index in [-0.39, 0.29) is 31.1 Å². The molecule has 3 aromatic heterocycles. The van der Waals surface area contributed by atoms with Crippen molar-refractivity contribution in [2.24, 2.45) is 0 Å². The van der Waals surface area contributed by atoms with E-state index >= 15 is 0 Å². The third kappa shape index (κ3) is 5.24. The lowest BCUT2D eigenvalue weighted by Crippen LogP contribution is -2.31.